The summed E-state index contributed by atoms with van der Waals surface area (Å²) in [6.45, 7) is 0.822. The number of rotatable bonds is 5. The van der Waals surface area contributed by atoms with Gasteiger partial charge in [0.25, 0.3) is 5.91 Å². The maximum absolute atomic E-state index is 13.6. The van der Waals surface area contributed by atoms with E-state index in [0.717, 1.165) is 6.07 Å². The Balaban J connectivity index is 2.05. The molecule has 1 amide bonds. The molecule has 110 valence electrons. The lowest BCUT2D eigenvalue weighted by Crippen LogP contribution is -2.13. The third kappa shape index (κ3) is 3.93. The predicted octanol–water partition coefficient (Wildman–Crippen LogP) is 2.12. The first-order valence-corrected chi connectivity index (χ1v) is 6.33. The lowest BCUT2D eigenvalue weighted by molar-refractivity contribution is 0.102. The molecule has 0 spiro atoms. The van der Waals surface area contributed by atoms with Gasteiger partial charge in [0, 0.05) is 18.3 Å². The van der Waals surface area contributed by atoms with Crippen LogP contribution in [0, 0.1) is 5.82 Å². The Morgan fingerprint density at radius 1 is 1.24 bits per heavy atom. The zero-order valence-electron chi connectivity index (χ0n) is 11.2. The van der Waals surface area contributed by atoms with Gasteiger partial charge >= 0.3 is 0 Å². The van der Waals surface area contributed by atoms with E-state index in [0.29, 0.717) is 24.6 Å². The molecule has 0 aliphatic rings. The summed E-state index contributed by atoms with van der Waals surface area (Å²) in [6.07, 6.45) is 0. The standard InChI is InChI=1S/C15H15FN2O3/c16-14-9-11(19)3-6-13(14)15(20)18-10-1-4-12(5-2-10)21-8-7-17/h1-6,9,19H,7-8,17H2,(H,18,20). The van der Waals surface area contributed by atoms with Crippen LogP contribution in [-0.4, -0.2) is 24.2 Å². The number of amides is 1. The number of carbonyl (C=O) groups is 1. The van der Waals surface area contributed by atoms with Gasteiger partial charge in [0.05, 0.1) is 5.56 Å². The summed E-state index contributed by atoms with van der Waals surface area (Å²) in [4.78, 5) is 11.9. The summed E-state index contributed by atoms with van der Waals surface area (Å²) < 4.78 is 18.9. The largest absolute Gasteiger partial charge is 0.508 e. The fourth-order valence-corrected chi connectivity index (χ4v) is 1.70. The molecule has 0 atom stereocenters. The highest BCUT2D eigenvalue weighted by Crippen LogP contribution is 2.19. The van der Waals surface area contributed by atoms with Gasteiger partial charge in [-0.15, -0.1) is 0 Å². The molecule has 5 nitrogen and oxygen atoms in total. The second kappa shape index (κ2) is 6.71. The number of phenols is 1. The monoisotopic (exact) mass is 290 g/mol. The molecular weight excluding hydrogens is 275 g/mol. The zero-order valence-corrected chi connectivity index (χ0v) is 11.2. The van der Waals surface area contributed by atoms with E-state index in [9.17, 15) is 9.18 Å². The normalized spacial score (nSPS) is 10.2. The zero-order chi connectivity index (χ0) is 15.2. The van der Waals surface area contributed by atoms with Crippen molar-refractivity contribution in [2.75, 3.05) is 18.5 Å². The second-order valence-electron chi connectivity index (χ2n) is 4.28. The maximum Gasteiger partial charge on any atom is 0.258 e. The van der Waals surface area contributed by atoms with Crippen molar-refractivity contribution in [3.63, 3.8) is 0 Å². The summed E-state index contributed by atoms with van der Waals surface area (Å²) >= 11 is 0. The highest BCUT2D eigenvalue weighted by molar-refractivity contribution is 6.04. The molecule has 2 aromatic rings. The SMILES string of the molecule is NCCOc1ccc(NC(=O)c2ccc(O)cc2F)cc1. The van der Waals surface area contributed by atoms with Crippen LogP contribution < -0.4 is 15.8 Å². The van der Waals surface area contributed by atoms with Crippen LogP contribution in [0.2, 0.25) is 0 Å². The average Bonchev–Trinajstić information content (AvgIpc) is 2.46. The van der Waals surface area contributed by atoms with Gasteiger partial charge < -0.3 is 20.9 Å². The molecule has 0 aromatic heterocycles. The quantitative estimate of drug-likeness (QED) is 0.787. The van der Waals surface area contributed by atoms with Gasteiger partial charge in [-0.1, -0.05) is 0 Å². The first-order valence-electron chi connectivity index (χ1n) is 6.33. The highest BCUT2D eigenvalue weighted by Gasteiger charge is 2.12. The van der Waals surface area contributed by atoms with E-state index >= 15 is 0 Å². The number of hydrogen-bond acceptors (Lipinski definition) is 4. The summed E-state index contributed by atoms with van der Waals surface area (Å²) in [5.74, 6) is -0.974. The summed E-state index contributed by atoms with van der Waals surface area (Å²) in [5, 5.41) is 11.7. The Labute approximate surface area is 121 Å². The van der Waals surface area contributed by atoms with Gasteiger partial charge in [-0.2, -0.15) is 0 Å². The van der Waals surface area contributed by atoms with E-state index in [1.54, 1.807) is 24.3 Å². The molecule has 0 radical (unpaired) electrons. The minimum absolute atomic E-state index is 0.142. The van der Waals surface area contributed by atoms with Crippen molar-refractivity contribution in [2.24, 2.45) is 5.73 Å². The van der Waals surface area contributed by atoms with Gasteiger partial charge in [0.15, 0.2) is 0 Å². The van der Waals surface area contributed by atoms with Crippen LogP contribution in [0.4, 0.5) is 10.1 Å². The Bertz CT molecular complexity index is 629. The molecule has 0 saturated carbocycles. The van der Waals surface area contributed by atoms with Crippen LogP contribution in [-0.2, 0) is 0 Å². The lowest BCUT2D eigenvalue weighted by atomic mass is 10.2. The van der Waals surface area contributed by atoms with E-state index in [1.807, 2.05) is 0 Å². The van der Waals surface area contributed by atoms with Crippen LogP contribution in [0.25, 0.3) is 0 Å². The van der Waals surface area contributed by atoms with Crippen molar-refractivity contribution in [1.29, 1.82) is 0 Å². The van der Waals surface area contributed by atoms with Crippen LogP contribution in [0.3, 0.4) is 0 Å². The number of carbonyl (C=O) groups excluding carboxylic acids is 1. The van der Waals surface area contributed by atoms with Crippen LogP contribution in [0.15, 0.2) is 42.5 Å². The minimum atomic E-state index is -0.782. The number of anilines is 1. The molecule has 0 unspecified atom stereocenters. The van der Waals surface area contributed by atoms with E-state index in [2.05, 4.69) is 5.32 Å². The first-order chi connectivity index (χ1) is 10.1. The van der Waals surface area contributed by atoms with E-state index in [4.69, 9.17) is 15.6 Å². The molecule has 0 heterocycles. The molecule has 6 heteroatoms. The Hall–Kier alpha value is -2.60. The highest BCUT2D eigenvalue weighted by atomic mass is 19.1. The van der Waals surface area contributed by atoms with E-state index in [-0.39, 0.29) is 11.3 Å². The Kier molecular flexibility index (Phi) is 4.73. The number of halogens is 1. The molecule has 0 saturated heterocycles. The molecule has 0 aliphatic carbocycles. The van der Waals surface area contributed by atoms with Crippen molar-refractivity contribution in [3.05, 3.63) is 53.8 Å². The van der Waals surface area contributed by atoms with Gasteiger partial charge in [-0.25, -0.2) is 4.39 Å². The second-order valence-corrected chi connectivity index (χ2v) is 4.28. The molecule has 0 aliphatic heterocycles. The van der Waals surface area contributed by atoms with Crippen molar-refractivity contribution in [3.8, 4) is 11.5 Å². The fourth-order valence-electron chi connectivity index (χ4n) is 1.70. The molecule has 2 aromatic carbocycles. The lowest BCUT2D eigenvalue weighted by Gasteiger charge is -2.08. The molecule has 2 rings (SSSR count). The fraction of sp³-hybridized carbons (Fsp3) is 0.133. The van der Waals surface area contributed by atoms with Gasteiger partial charge in [-0.05, 0) is 36.4 Å². The van der Waals surface area contributed by atoms with E-state index in [1.165, 1.54) is 12.1 Å². The van der Waals surface area contributed by atoms with Gasteiger partial charge in [0.1, 0.15) is 23.9 Å². The van der Waals surface area contributed by atoms with Crippen molar-refractivity contribution in [2.45, 2.75) is 0 Å². The van der Waals surface area contributed by atoms with Crippen LogP contribution >= 0.6 is 0 Å². The minimum Gasteiger partial charge on any atom is -0.508 e. The summed E-state index contributed by atoms with van der Waals surface area (Å²) in [7, 11) is 0. The third-order valence-electron chi connectivity index (χ3n) is 2.70. The summed E-state index contributed by atoms with van der Waals surface area (Å²) in [5.41, 5.74) is 5.69. The topological polar surface area (TPSA) is 84.6 Å². The first kappa shape index (κ1) is 14.8. The van der Waals surface area contributed by atoms with Gasteiger partial charge in [-0.3, -0.25) is 4.79 Å². The number of phenolic OH excluding ortho intramolecular Hbond substituents is 1. The molecule has 4 N–H and O–H groups in total. The van der Waals surface area contributed by atoms with Crippen molar-refractivity contribution in [1.82, 2.24) is 0 Å². The van der Waals surface area contributed by atoms with Crippen LogP contribution in [0.5, 0.6) is 11.5 Å². The Morgan fingerprint density at radius 3 is 2.57 bits per heavy atom. The number of hydrogen-bond donors (Lipinski definition) is 3. The van der Waals surface area contributed by atoms with Crippen LogP contribution in [0.1, 0.15) is 10.4 Å². The number of benzene rings is 2. The Morgan fingerprint density at radius 2 is 1.95 bits per heavy atom. The summed E-state index contributed by atoms with van der Waals surface area (Å²) in [6, 6.07) is 10.0. The number of nitrogens with two attached hydrogens (primary N) is 1. The number of ether oxygens (including phenoxy) is 1. The smallest absolute Gasteiger partial charge is 0.258 e. The van der Waals surface area contributed by atoms with Gasteiger partial charge in [0.2, 0.25) is 0 Å². The molecule has 21 heavy (non-hydrogen) atoms. The molecule has 0 bridgehead atoms. The number of aromatic hydroxyl groups is 1. The van der Waals surface area contributed by atoms with Crippen molar-refractivity contribution >= 4 is 11.6 Å². The average molecular weight is 290 g/mol. The third-order valence-corrected chi connectivity index (χ3v) is 2.70. The van der Waals surface area contributed by atoms with Crippen molar-refractivity contribution < 1.29 is 19.0 Å². The molecular formula is C15H15FN2O3. The number of nitrogens with one attached hydrogen (secondary N) is 1. The molecule has 0 fully saturated rings. The van der Waals surface area contributed by atoms with E-state index < -0.39 is 11.7 Å². The predicted molar refractivity (Wildman–Crippen MR) is 77.0 cm³/mol. The maximum atomic E-state index is 13.6.